The number of nitrogens with zero attached hydrogens (tertiary/aromatic N) is 1. The van der Waals surface area contributed by atoms with Gasteiger partial charge >= 0.3 is 0 Å². The molecule has 1 fully saturated rings. The number of amides is 2. The van der Waals surface area contributed by atoms with E-state index in [1.807, 2.05) is 12.1 Å². The number of nitrogens with one attached hydrogen (secondary N) is 2. The summed E-state index contributed by atoms with van der Waals surface area (Å²) in [6.07, 6.45) is 2.98. The van der Waals surface area contributed by atoms with Gasteiger partial charge in [0.15, 0.2) is 0 Å². The molecule has 0 aliphatic carbocycles. The summed E-state index contributed by atoms with van der Waals surface area (Å²) in [5, 5.41) is 2.72. The number of likely N-dealkylation sites (N-methyl/N-ethyl adjacent to an activating group) is 1. The van der Waals surface area contributed by atoms with E-state index in [0.29, 0.717) is 12.1 Å². The van der Waals surface area contributed by atoms with Crippen LogP contribution in [0.5, 0.6) is 0 Å². The average molecular weight is 290 g/mol. The van der Waals surface area contributed by atoms with Crippen molar-refractivity contribution in [3.8, 4) is 0 Å². The molecule has 2 amide bonds. The molecule has 1 aliphatic rings. The van der Waals surface area contributed by atoms with Gasteiger partial charge in [0.1, 0.15) is 0 Å². The van der Waals surface area contributed by atoms with Crippen molar-refractivity contribution in [3.05, 3.63) is 35.4 Å². The van der Waals surface area contributed by atoms with Crippen LogP contribution in [0.25, 0.3) is 0 Å². The van der Waals surface area contributed by atoms with Gasteiger partial charge in [0, 0.05) is 19.2 Å². The molecule has 114 valence electrons. The van der Waals surface area contributed by atoms with Gasteiger partial charge < -0.3 is 5.32 Å². The van der Waals surface area contributed by atoms with Crippen molar-refractivity contribution in [1.29, 1.82) is 0 Å². The number of carbonyl (C=O) groups is 2. The zero-order chi connectivity index (χ0) is 15.2. The second-order valence-corrected chi connectivity index (χ2v) is 5.23. The lowest BCUT2D eigenvalue weighted by Crippen LogP contribution is -2.48. The van der Waals surface area contributed by atoms with Crippen LogP contribution >= 0.6 is 0 Å². The van der Waals surface area contributed by atoms with Crippen molar-refractivity contribution in [2.75, 3.05) is 13.6 Å². The Morgan fingerprint density at radius 1 is 1.33 bits per heavy atom. The second-order valence-electron chi connectivity index (χ2n) is 5.23. The van der Waals surface area contributed by atoms with Gasteiger partial charge in [-0.3, -0.25) is 19.9 Å². The monoisotopic (exact) mass is 290 g/mol. The van der Waals surface area contributed by atoms with E-state index in [0.717, 1.165) is 31.4 Å². The Bertz CT molecular complexity index is 518. The van der Waals surface area contributed by atoms with Crippen LogP contribution in [0.1, 0.15) is 35.2 Å². The van der Waals surface area contributed by atoms with Crippen LogP contribution in [0.3, 0.4) is 0 Å². The molecule has 4 N–H and O–H groups in total. The van der Waals surface area contributed by atoms with Crippen LogP contribution in [0, 0.1) is 0 Å². The average Bonchev–Trinajstić information content (AvgIpc) is 2.54. The van der Waals surface area contributed by atoms with Gasteiger partial charge in [-0.25, -0.2) is 5.84 Å². The Balaban J connectivity index is 2.19. The van der Waals surface area contributed by atoms with Crippen molar-refractivity contribution in [1.82, 2.24) is 15.6 Å². The molecule has 1 unspecified atom stereocenters. The van der Waals surface area contributed by atoms with Gasteiger partial charge in [0.25, 0.3) is 5.91 Å². The smallest absolute Gasteiger partial charge is 0.265 e. The van der Waals surface area contributed by atoms with Crippen molar-refractivity contribution < 1.29 is 9.59 Å². The summed E-state index contributed by atoms with van der Waals surface area (Å²) in [4.78, 5) is 25.9. The van der Waals surface area contributed by atoms with Crippen LogP contribution in [0.15, 0.2) is 24.3 Å². The number of hydrogen-bond acceptors (Lipinski definition) is 4. The number of hydrazine groups is 1. The summed E-state index contributed by atoms with van der Waals surface area (Å²) < 4.78 is 0. The summed E-state index contributed by atoms with van der Waals surface area (Å²) in [7, 11) is 1.66. The third-order valence-electron chi connectivity index (χ3n) is 3.93. The number of benzene rings is 1. The third kappa shape index (κ3) is 3.59. The SMILES string of the molecule is CNC(=O)C1CCCCN1Cc1ccccc1C(=O)NN. The molecule has 1 aromatic carbocycles. The van der Waals surface area contributed by atoms with Crippen LogP contribution in [0.2, 0.25) is 0 Å². The quantitative estimate of drug-likeness (QED) is 0.425. The molecule has 0 radical (unpaired) electrons. The third-order valence-corrected chi connectivity index (χ3v) is 3.93. The van der Waals surface area contributed by atoms with E-state index < -0.39 is 0 Å². The summed E-state index contributed by atoms with van der Waals surface area (Å²) in [6.45, 7) is 1.43. The summed E-state index contributed by atoms with van der Waals surface area (Å²) in [6, 6.07) is 7.22. The zero-order valence-electron chi connectivity index (χ0n) is 12.3. The molecule has 1 aliphatic heterocycles. The van der Waals surface area contributed by atoms with E-state index in [2.05, 4.69) is 15.6 Å². The van der Waals surface area contributed by atoms with Crippen LogP contribution in [-0.4, -0.2) is 36.3 Å². The van der Waals surface area contributed by atoms with E-state index in [1.165, 1.54) is 0 Å². The maximum atomic E-state index is 12.0. The summed E-state index contributed by atoms with van der Waals surface area (Å²) in [5.74, 6) is 4.96. The fourth-order valence-electron chi connectivity index (χ4n) is 2.82. The van der Waals surface area contributed by atoms with Crippen molar-refractivity contribution in [2.45, 2.75) is 31.8 Å². The van der Waals surface area contributed by atoms with Gasteiger partial charge in [-0.05, 0) is 31.0 Å². The van der Waals surface area contributed by atoms with Crippen LogP contribution < -0.4 is 16.6 Å². The van der Waals surface area contributed by atoms with E-state index in [4.69, 9.17) is 5.84 Å². The topological polar surface area (TPSA) is 87.5 Å². The molecule has 1 aromatic rings. The molecule has 0 spiro atoms. The molecule has 6 heteroatoms. The number of carbonyl (C=O) groups excluding carboxylic acids is 2. The van der Waals surface area contributed by atoms with Crippen molar-refractivity contribution in [2.24, 2.45) is 5.84 Å². The molecule has 6 nitrogen and oxygen atoms in total. The Hall–Kier alpha value is -1.92. The van der Waals surface area contributed by atoms with Gasteiger partial charge in [-0.1, -0.05) is 24.6 Å². The standard InChI is InChI=1S/C15H22N4O2/c1-17-15(21)13-8-4-5-9-19(13)10-11-6-2-3-7-12(11)14(20)18-16/h2-3,6-7,13H,4-5,8-10,16H2,1H3,(H,17,21)(H,18,20). The molecule has 1 saturated heterocycles. The molecule has 0 aromatic heterocycles. The number of rotatable bonds is 4. The fourth-order valence-corrected chi connectivity index (χ4v) is 2.82. The zero-order valence-corrected chi connectivity index (χ0v) is 12.3. The number of hydrogen-bond donors (Lipinski definition) is 3. The number of nitrogen functional groups attached to an aromatic ring is 1. The predicted octanol–water partition coefficient (Wildman–Crippen LogP) is 0.391. The highest BCUT2D eigenvalue weighted by Crippen LogP contribution is 2.21. The number of piperidine rings is 1. The molecular formula is C15H22N4O2. The predicted molar refractivity (Wildman–Crippen MR) is 80.2 cm³/mol. The Morgan fingerprint density at radius 3 is 2.81 bits per heavy atom. The van der Waals surface area contributed by atoms with E-state index in [9.17, 15) is 9.59 Å². The fraction of sp³-hybridized carbons (Fsp3) is 0.467. The largest absolute Gasteiger partial charge is 0.358 e. The summed E-state index contributed by atoms with van der Waals surface area (Å²) in [5.41, 5.74) is 3.61. The van der Waals surface area contributed by atoms with E-state index in [-0.39, 0.29) is 17.9 Å². The first-order valence-electron chi connectivity index (χ1n) is 7.22. The molecule has 1 heterocycles. The highest BCUT2D eigenvalue weighted by Gasteiger charge is 2.28. The van der Waals surface area contributed by atoms with Crippen LogP contribution in [0.4, 0.5) is 0 Å². The molecular weight excluding hydrogens is 268 g/mol. The Kier molecular flexibility index (Phi) is 5.30. The van der Waals surface area contributed by atoms with E-state index in [1.54, 1.807) is 19.2 Å². The molecule has 1 atom stereocenters. The Morgan fingerprint density at radius 2 is 2.10 bits per heavy atom. The minimum atomic E-state index is -0.306. The summed E-state index contributed by atoms with van der Waals surface area (Å²) >= 11 is 0. The first-order chi connectivity index (χ1) is 10.2. The van der Waals surface area contributed by atoms with Gasteiger partial charge in [-0.2, -0.15) is 0 Å². The molecule has 0 saturated carbocycles. The lowest BCUT2D eigenvalue weighted by atomic mass is 9.99. The number of nitrogens with two attached hydrogens (primary N) is 1. The van der Waals surface area contributed by atoms with Crippen molar-refractivity contribution in [3.63, 3.8) is 0 Å². The van der Waals surface area contributed by atoms with Crippen LogP contribution in [-0.2, 0) is 11.3 Å². The molecule has 2 rings (SSSR count). The maximum absolute atomic E-state index is 12.0. The second kappa shape index (κ2) is 7.19. The molecule has 21 heavy (non-hydrogen) atoms. The number of likely N-dealkylation sites (tertiary alicyclic amines) is 1. The van der Waals surface area contributed by atoms with Gasteiger partial charge in [0.2, 0.25) is 5.91 Å². The van der Waals surface area contributed by atoms with Gasteiger partial charge in [-0.15, -0.1) is 0 Å². The maximum Gasteiger partial charge on any atom is 0.265 e. The van der Waals surface area contributed by atoms with Gasteiger partial charge in [0.05, 0.1) is 6.04 Å². The normalized spacial score (nSPS) is 19.0. The first kappa shape index (κ1) is 15.5. The highest BCUT2D eigenvalue weighted by molar-refractivity contribution is 5.95. The Labute approximate surface area is 124 Å². The lowest BCUT2D eigenvalue weighted by molar-refractivity contribution is -0.127. The minimum absolute atomic E-state index is 0.0375. The minimum Gasteiger partial charge on any atom is -0.358 e. The first-order valence-corrected chi connectivity index (χ1v) is 7.22. The molecule has 0 bridgehead atoms. The highest BCUT2D eigenvalue weighted by atomic mass is 16.2. The van der Waals surface area contributed by atoms with E-state index >= 15 is 0 Å². The lowest BCUT2D eigenvalue weighted by Gasteiger charge is -2.34. The van der Waals surface area contributed by atoms with Crippen molar-refractivity contribution >= 4 is 11.8 Å².